The summed E-state index contributed by atoms with van der Waals surface area (Å²) in [6.07, 6.45) is 6.48. The van der Waals surface area contributed by atoms with Crippen LogP contribution in [-0.2, 0) is 0 Å². The molecule has 2 fully saturated rings. The lowest BCUT2D eigenvalue weighted by Gasteiger charge is -2.20. The molecule has 0 saturated carbocycles. The van der Waals surface area contributed by atoms with Crippen molar-refractivity contribution < 1.29 is 4.74 Å². The first-order valence-electron chi connectivity index (χ1n) is 9.51. The molecule has 2 aromatic rings. The van der Waals surface area contributed by atoms with Crippen molar-refractivity contribution in [3.8, 4) is 5.75 Å². The predicted octanol–water partition coefficient (Wildman–Crippen LogP) is 2.53. The number of nitrogens with zero attached hydrogens (tertiary/aromatic N) is 6. The number of benzene rings is 1. The number of nitrogens with one attached hydrogen (secondary N) is 1. The summed E-state index contributed by atoms with van der Waals surface area (Å²) in [5.41, 5.74) is 3.94. The molecule has 1 N–H and O–H groups in total. The van der Waals surface area contributed by atoms with E-state index in [1.807, 2.05) is 24.3 Å². The van der Waals surface area contributed by atoms with Crippen molar-refractivity contribution in [3.63, 3.8) is 0 Å². The van der Waals surface area contributed by atoms with E-state index >= 15 is 0 Å². The van der Waals surface area contributed by atoms with Crippen LogP contribution in [0.5, 0.6) is 5.75 Å². The molecule has 2 aliphatic rings. The van der Waals surface area contributed by atoms with Crippen molar-refractivity contribution in [2.75, 3.05) is 48.5 Å². The summed E-state index contributed by atoms with van der Waals surface area (Å²) >= 11 is 0. The molecule has 8 heteroatoms. The lowest BCUT2D eigenvalue weighted by molar-refractivity contribution is 0.415. The highest BCUT2D eigenvalue weighted by Crippen LogP contribution is 2.22. The molecular formula is C19H25N7O. The quantitative estimate of drug-likeness (QED) is 0.621. The molecule has 8 nitrogen and oxygen atoms in total. The molecule has 0 aliphatic carbocycles. The number of hydrogen-bond acceptors (Lipinski definition) is 8. The van der Waals surface area contributed by atoms with Crippen LogP contribution in [0.2, 0.25) is 0 Å². The zero-order valence-electron chi connectivity index (χ0n) is 15.6. The van der Waals surface area contributed by atoms with Crippen LogP contribution in [0.4, 0.5) is 17.8 Å². The van der Waals surface area contributed by atoms with E-state index in [4.69, 9.17) is 9.72 Å². The number of hydrogen-bond donors (Lipinski definition) is 1. The lowest BCUT2D eigenvalue weighted by atomic mass is 10.2. The van der Waals surface area contributed by atoms with E-state index in [2.05, 4.69) is 30.3 Å². The van der Waals surface area contributed by atoms with Crippen LogP contribution in [-0.4, -0.2) is 54.5 Å². The second kappa shape index (κ2) is 8.20. The van der Waals surface area contributed by atoms with Gasteiger partial charge in [-0.25, -0.2) is 5.43 Å². The highest BCUT2D eigenvalue weighted by molar-refractivity contribution is 5.80. The first-order chi connectivity index (χ1) is 13.3. The Labute approximate surface area is 159 Å². The molecule has 1 aromatic heterocycles. The van der Waals surface area contributed by atoms with Gasteiger partial charge in [0.05, 0.1) is 13.3 Å². The van der Waals surface area contributed by atoms with Crippen molar-refractivity contribution >= 4 is 24.1 Å². The fourth-order valence-electron chi connectivity index (χ4n) is 3.38. The third-order valence-corrected chi connectivity index (χ3v) is 4.88. The van der Waals surface area contributed by atoms with E-state index < -0.39 is 0 Å². The summed E-state index contributed by atoms with van der Waals surface area (Å²) < 4.78 is 5.17. The molecule has 142 valence electrons. The summed E-state index contributed by atoms with van der Waals surface area (Å²) in [4.78, 5) is 18.3. The van der Waals surface area contributed by atoms with E-state index in [0.29, 0.717) is 5.95 Å². The molecule has 0 radical (unpaired) electrons. The minimum absolute atomic E-state index is 0.485. The Balaban J connectivity index is 1.51. The number of anilines is 3. The molecule has 1 aromatic carbocycles. The summed E-state index contributed by atoms with van der Waals surface area (Å²) in [5, 5.41) is 4.30. The summed E-state index contributed by atoms with van der Waals surface area (Å²) in [7, 11) is 1.65. The molecular weight excluding hydrogens is 342 g/mol. The average molecular weight is 367 g/mol. The lowest BCUT2D eigenvalue weighted by Crippen LogP contribution is -2.25. The fraction of sp³-hybridized carbons (Fsp3) is 0.474. The van der Waals surface area contributed by atoms with Crippen LogP contribution in [0.15, 0.2) is 29.4 Å². The zero-order chi connectivity index (χ0) is 18.5. The first-order valence-corrected chi connectivity index (χ1v) is 9.51. The van der Waals surface area contributed by atoms with Gasteiger partial charge in [0.2, 0.25) is 17.8 Å². The molecule has 0 unspecified atom stereocenters. The average Bonchev–Trinajstić information content (AvgIpc) is 3.42. The van der Waals surface area contributed by atoms with Gasteiger partial charge >= 0.3 is 0 Å². The van der Waals surface area contributed by atoms with Crippen molar-refractivity contribution in [2.45, 2.75) is 25.7 Å². The molecule has 2 aliphatic heterocycles. The number of ether oxygens (including phenoxy) is 1. The van der Waals surface area contributed by atoms with Crippen LogP contribution in [0.1, 0.15) is 31.2 Å². The van der Waals surface area contributed by atoms with Gasteiger partial charge < -0.3 is 14.5 Å². The smallest absolute Gasteiger partial charge is 0.250 e. The summed E-state index contributed by atoms with van der Waals surface area (Å²) in [6, 6.07) is 7.70. The normalized spacial score (nSPS) is 17.1. The standard InChI is InChI=1S/C19H25N7O/c1-27-16-8-6-15(7-9-16)14-20-24-17-21-18(25-10-2-3-11-25)23-19(22-17)26-12-4-5-13-26/h6-9,14H,2-5,10-13H2,1H3,(H,21,22,23,24)/b20-14+. The van der Waals surface area contributed by atoms with Crippen LogP contribution >= 0.6 is 0 Å². The Hall–Kier alpha value is -2.90. The molecule has 0 bridgehead atoms. The van der Waals surface area contributed by atoms with Gasteiger partial charge in [-0.05, 0) is 55.5 Å². The second-order valence-electron chi connectivity index (χ2n) is 6.79. The molecule has 0 amide bonds. The Morgan fingerprint density at radius 1 is 0.889 bits per heavy atom. The molecule has 0 spiro atoms. The van der Waals surface area contributed by atoms with E-state index in [1.54, 1.807) is 13.3 Å². The minimum Gasteiger partial charge on any atom is -0.497 e. The van der Waals surface area contributed by atoms with Gasteiger partial charge in [0, 0.05) is 26.2 Å². The first kappa shape index (κ1) is 17.5. The highest BCUT2D eigenvalue weighted by atomic mass is 16.5. The van der Waals surface area contributed by atoms with Gasteiger partial charge in [-0.3, -0.25) is 0 Å². The molecule has 2 saturated heterocycles. The molecule has 27 heavy (non-hydrogen) atoms. The molecule has 0 atom stereocenters. The Morgan fingerprint density at radius 2 is 1.44 bits per heavy atom. The fourth-order valence-corrected chi connectivity index (χ4v) is 3.38. The summed E-state index contributed by atoms with van der Waals surface area (Å²) in [5.74, 6) is 2.79. The Morgan fingerprint density at radius 3 is 1.96 bits per heavy atom. The third kappa shape index (κ3) is 4.27. The SMILES string of the molecule is COc1ccc(/C=N/Nc2nc(N3CCCC3)nc(N3CCCC3)n2)cc1. The van der Waals surface area contributed by atoms with Crippen LogP contribution in [0, 0.1) is 0 Å². The zero-order valence-corrected chi connectivity index (χ0v) is 15.6. The van der Waals surface area contributed by atoms with Gasteiger partial charge in [0.1, 0.15) is 5.75 Å². The maximum absolute atomic E-state index is 5.17. The van der Waals surface area contributed by atoms with Gasteiger partial charge in [-0.1, -0.05) is 0 Å². The van der Waals surface area contributed by atoms with Gasteiger partial charge in [0.15, 0.2) is 0 Å². The van der Waals surface area contributed by atoms with Crippen LogP contribution < -0.4 is 20.0 Å². The second-order valence-corrected chi connectivity index (χ2v) is 6.79. The predicted molar refractivity (Wildman–Crippen MR) is 107 cm³/mol. The highest BCUT2D eigenvalue weighted by Gasteiger charge is 2.21. The Kier molecular flexibility index (Phi) is 5.32. The number of hydrazone groups is 1. The number of methoxy groups -OCH3 is 1. The van der Waals surface area contributed by atoms with Gasteiger partial charge in [-0.15, -0.1) is 0 Å². The topological polar surface area (TPSA) is 78.8 Å². The maximum Gasteiger partial charge on any atom is 0.250 e. The van der Waals surface area contributed by atoms with Gasteiger partial charge in [0.25, 0.3) is 0 Å². The molecule has 4 rings (SSSR count). The van der Waals surface area contributed by atoms with E-state index in [-0.39, 0.29) is 0 Å². The monoisotopic (exact) mass is 367 g/mol. The van der Waals surface area contributed by atoms with E-state index in [9.17, 15) is 0 Å². The van der Waals surface area contributed by atoms with E-state index in [0.717, 1.165) is 49.4 Å². The summed E-state index contributed by atoms with van der Waals surface area (Å²) in [6.45, 7) is 3.99. The van der Waals surface area contributed by atoms with Crippen LogP contribution in [0.25, 0.3) is 0 Å². The number of rotatable bonds is 6. The minimum atomic E-state index is 0.485. The third-order valence-electron chi connectivity index (χ3n) is 4.88. The largest absolute Gasteiger partial charge is 0.497 e. The van der Waals surface area contributed by atoms with Crippen molar-refractivity contribution in [3.05, 3.63) is 29.8 Å². The van der Waals surface area contributed by atoms with Crippen LogP contribution in [0.3, 0.4) is 0 Å². The van der Waals surface area contributed by atoms with Crippen molar-refractivity contribution in [1.82, 2.24) is 15.0 Å². The molecule has 3 heterocycles. The number of aromatic nitrogens is 3. The maximum atomic E-state index is 5.17. The van der Waals surface area contributed by atoms with E-state index in [1.165, 1.54) is 25.7 Å². The van der Waals surface area contributed by atoms with Crippen molar-refractivity contribution in [1.29, 1.82) is 0 Å². The van der Waals surface area contributed by atoms with Gasteiger partial charge in [-0.2, -0.15) is 20.1 Å². The Bertz CT molecular complexity index is 747. The van der Waals surface area contributed by atoms with Crippen molar-refractivity contribution in [2.24, 2.45) is 5.10 Å².